The molecule has 21 nitrogen and oxygen atoms in total. The van der Waals surface area contributed by atoms with E-state index in [-0.39, 0.29) is 58.3 Å². The molecule has 0 saturated carbocycles. The number of fused-ring (bicyclic) bond motifs is 2. The standard InChI is InChI=1S/C52H70N12O9S/c1-3-22-60(35-50(70)61(32-45(65)56-21-26-74)23-15-39-28-57-43-13-6-4-11-41(39)43)49(69)36-62(24-16-40-29-58-44-14-7-5-12-42(40)44)48(68)33-59(2)47(67)34-63(25-17-52(72)73)51(71)37-64(31-38-10-8-19-54-27-38)46(66)30-55-20-9-18-53/h4-8,10-14,19,27-29,55,57-58,74H,3,9,15-18,20-26,30-37,53H2,1-2H3,(H,56,65)(H,72,73). The Balaban J connectivity index is 1.32. The molecule has 7 amide bonds. The van der Waals surface area contributed by atoms with Crippen molar-refractivity contribution >= 4 is 81.8 Å². The first kappa shape index (κ1) is 57.6. The summed E-state index contributed by atoms with van der Waals surface area (Å²) in [4.78, 5) is 127. The summed E-state index contributed by atoms with van der Waals surface area (Å²) in [5.74, 6) is -4.57. The maximum Gasteiger partial charge on any atom is 0.305 e. The molecule has 0 spiro atoms. The van der Waals surface area contributed by atoms with Crippen molar-refractivity contribution in [3.05, 3.63) is 102 Å². The van der Waals surface area contributed by atoms with E-state index in [1.54, 1.807) is 24.5 Å². The molecule has 0 saturated heterocycles. The molecule has 0 aliphatic heterocycles. The summed E-state index contributed by atoms with van der Waals surface area (Å²) in [5.41, 5.74) is 9.90. The van der Waals surface area contributed by atoms with Crippen molar-refractivity contribution in [2.24, 2.45) is 5.73 Å². The number of pyridine rings is 1. The van der Waals surface area contributed by atoms with Crippen molar-refractivity contribution in [2.75, 3.05) is 104 Å². The predicted molar refractivity (Wildman–Crippen MR) is 284 cm³/mol. The van der Waals surface area contributed by atoms with E-state index >= 15 is 0 Å². The molecule has 74 heavy (non-hydrogen) atoms. The van der Waals surface area contributed by atoms with Crippen LogP contribution in [0, 0.1) is 0 Å². The summed E-state index contributed by atoms with van der Waals surface area (Å²) in [5, 5.41) is 17.3. The molecule has 0 atom stereocenters. The van der Waals surface area contributed by atoms with E-state index in [2.05, 4.69) is 38.2 Å². The number of carbonyl (C=O) groups is 8. The van der Waals surface area contributed by atoms with E-state index in [9.17, 15) is 43.5 Å². The Labute approximate surface area is 436 Å². The highest BCUT2D eigenvalue weighted by Crippen LogP contribution is 2.20. The number of nitrogens with zero attached hydrogens (tertiary/aromatic N) is 7. The first-order valence-electron chi connectivity index (χ1n) is 24.8. The number of likely N-dealkylation sites (N-methyl/N-ethyl adjacent to an activating group) is 1. The van der Waals surface area contributed by atoms with Crippen molar-refractivity contribution in [2.45, 2.75) is 45.6 Å². The number of hydrogen-bond acceptors (Lipinski definition) is 12. The predicted octanol–water partition coefficient (Wildman–Crippen LogP) is 1.50. The van der Waals surface area contributed by atoms with Crippen LogP contribution in [0.15, 0.2) is 85.5 Å². The van der Waals surface area contributed by atoms with E-state index in [0.717, 1.165) is 42.7 Å². The fourth-order valence-corrected chi connectivity index (χ4v) is 8.34. The second-order valence-corrected chi connectivity index (χ2v) is 18.3. The fourth-order valence-electron chi connectivity index (χ4n) is 8.22. The molecule has 5 aromatic rings. The van der Waals surface area contributed by atoms with E-state index < -0.39 is 74.0 Å². The van der Waals surface area contributed by atoms with Crippen LogP contribution in [0.3, 0.4) is 0 Å². The topological polar surface area (TPSA) is 271 Å². The Morgan fingerprint density at radius 1 is 0.649 bits per heavy atom. The van der Waals surface area contributed by atoms with Gasteiger partial charge in [-0.1, -0.05) is 49.4 Å². The van der Waals surface area contributed by atoms with Crippen LogP contribution in [0.25, 0.3) is 21.8 Å². The first-order chi connectivity index (χ1) is 35.7. The second kappa shape index (κ2) is 30.0. The molecule has 5 rings (SSSR count). The Morgan fingerprint density at radius 2 is 1.19 bits per heavy atom. The lowest BCUT2D eigenvalue weighted by Crippen LogP contribution is -2.52. The third kappa shape index (κ3) is 18.0. The summed E-state index contributed by atoms with van der Waals surface area (Å²) in [6.45, 7) is 0.365. The minimum Gasteiger partial charge on any atom is -0.481 e. The van der Waals surface area contributed by atoms with Crippen LogP contribution in [0.2, 0.25) is 0 Å². The number of carboxylic acids is 1. The summed E-state index contributed by atoms with van der Waals surface area (Å²) >= 11 is 4.19. The van der Waals surface area contributed by atoms with Gasteiger partial charge < -0.3 is 60.8 Å². The van der Waals surface area contributed by atoms with E-state index in [0.29, 0.717) is 56.6 Å². The lowest BCUT2D eigenvalue weighted by Gasteiger charge is -2.31. The highest BCUT2D eigenvalue weighted by atomic mass is 32.1. The SMILES string of the molecule is CCCN(CC(=O)N(CCc1c[nH]c2ccccc12)CC(=O)NCCS)C(=O)CN(CCc1c[nH]c2ccccc12)C(=O)CN(C)C(=O)CN(CCC(=O)O)C(=O)CN(Cc1cccnc1)C(=O)CNCCCN. The number of hydrogen-bond donors (Lipinski definition) is 7. The largest absolute Gasteiger partial charge is 0.481 e. The molecule has 7 N–H and O–H groups in total. The summed E-state index contributed by atoms with van der Waals surface area (Å²) in [7, 11) is 1.37. The number of H-pyrrole nitrogens is 2. The van der Waals surface area contributed by atoms with Gasteiger partial charge in [0.25, 0.3) is 0 Å². The van der Waals surface area contributed by atoms with Crippen LogP contribution in [0.5, 0.6) is 0 Å². The highest BCUT2D eigenvalue weighted by molar-refractivity contribution is 7.80. The molecule has 3 heterocycles. The minimum atomic E-state index is -1.21. The maximum absolute atomic E-state index is 14.4. The highest BCUT2D eigenvalue weighted by Gasteiger charge is 2.29. The third-order valence-electron chi connectivity index (χ3n) is 12.3. The van der Waals surface area contributed by atoms with Crippen LogP contribution in [-0.2, 0) is 57.7 Å². The van der Waals surface area contributed by atoms with E-state index in [1.165, 1.54) is 26.6 Å². The minimum absolute atomic E-state index is 0.0149. The van der Waals surface area contributed by atoms with Gasteiger partial charge in [0.1, 0.15) is 6.54 Å². The quantitative estimate of drug-likeness (QED) is 0.0239. The van der Waals surface area contributed by atoms with Gasteiger partial charge in [0.15, 0.2) is 0 Å². The number of carboxylic acid groups (broad SMARTS) is 1. The van der Waals surface area contributed by atoms with Gasteiger partial charge in [-0.05, 0) is 73.7 Å². The summed E-state index contributed by atoms with van der Waals surface area (Å²) in [6, 6.07) is 18.8. The monoisotopic (exact) mass is 1040 g/mol. The lowest BCUT2D eigenvalue weighted by molar-refractivity contribution is -0.148. The normalized spacial score (nSPS) is 11.0. The van der Waals surface area contributed by atoms with Crippen LogP contribution in [0.1, 0.15) is 42.9 Å². The molecule has 0 fully saturated rings. The van der Waals surface area contributed by atoms with Crippen molar-refractivity contribution in [3.63, 3.8) is 0 Å². The number of carbonyl (C=O) groups excluding carboxylic acids is 7. The molecular weight excluding hydrogens is 969 g/mol. The molecule has 2 aromatic carbocycles. The average molecular weight is 1040 g/mol. The van der Waals surface area contributed by atoms with Crippen molar-refractivity contribution in [1.82, 2.24) is 55.0 Å². The molecule has 0 aliphatic rings. The van der Waals surface area contributed by atoms with Crippen molar-refractivity contribution in [3.8, 4) is 0 Å². The Hall–Kier alpha value is -7.30. The number of benzene rings is 2. The molecule has 0 unspecified atom stereocenters. The summed E-state index contributed by atoms with van der Waals surface area (Å²) in [6.07, 6.45) is 8.20. The van der Waals surface area contributed by atoms with E-state index in [4.69, 9.17) is 5.73 Å². The third-order valence-corrected chi connectivity index (χ3v) is 12.5. The average Bonchev–Trinajstić information content (AvgIpc) is 4.01. The van der Waals surface area contributed by atoms with Gasteiger partial charge >= 0.3 is 5.97 Å². The first-order valence-corrected chi connectivity index (χ1v) is 25.5. The number of rotatable bonds is 32. The Morgan fingerprint density at radius 3 is 1.74 bits per heavy atom. The second-order valence-electron chi connectivity index (χ2n) is 17.9. The molecule has 22 heteroatoms. The number of thiol groups is 1. The Kier molecular flexibility index (Phi) is 23.4. The van der Waals surface area contributed by atoms with Gasteiger partial charge in [0.05, 0.1) is 45.7 Å². The maximum atomic E-state index is 14.4. The van der Waals surface area contributed by atoms with Crippen molar-refractivity contribution in [1.29, 1.82) is 0 Å². The number of amides is 7. The molecule has 398 valence electrons. The van der Waals surface area contributed by atoms with Gasteiger partial charge in [-0.3, -0.25) is 43.3 Å². The van der Waals surface area contributed by atoms with Gasteiger partial charge in [0, 0.05) is 98.7 Å². The van der Waals surface area contributed by atoms with E-state index in [1.807, 2.05) is 67.8 Å². The van der Waals surface area contributed by atoms with Crippen LogP contribution in [0.4, 0.5) is 0 Å². The van der Waals surface area contributed by atoms with Crippen molar-refractivity contribution < 1.29 is 43.5 Å². The number of nitrogens with two attached hydrogens (primary N) is 1. The van der Waals surface area contributed by atoms with Crippen LogP contribution >= 0.6 is 12.6 Å². The smallest absolute Gasteiger partial charge is 0.305 e. The number of aliphatic carboxylic acids is 1. The summed E-state index contributed by atoms with van der Waals surface area (Å²) < 4.78 is 0. The molecule has 0 bridgehead atoms. The van der Waals surface area contributed by atoms with Gasteiger partial charge in [-0.25, -0.2) is 0 Å². The molecule has 0 radical (unpaired) electrons. The van der Waals surface area contributed by atoms with Crippen LogP contribution in [-0.4, -0.2) is 201 Å². The van der Waals surface area contributed by atoms with Gasteiger partial charge in [-0.15, -0.1) is 0 Å². The fraction of sp³-hybridized carbons (Fsp3) is 0.442. The lowest BCUT2D eigenvalue weighted by atomic mass is 10.1. The zero-order valence-corrected chi connectivity index (χ0v) is 43.2. The number of para-hydroxylation sites is 2. The Bertz CT molecular complexity index is 2660. The number of aromatic nitrogens is 3. The number of aromatic amines is 2. The molecular formula is C52H70N12O9S. The van der Waals surface area contributed by atoms with Crippen LogP contribution < -0.4 is 16.4 Å². The van der Waals surface area contributed by atoms with Gasteiger partial charge in [0.2, 0.25) is 41.4 Å². The zero-order chi connectivity index (χ0) is 53.4. The number of nitrogens with one attached hydrogen (secondary N) is 4. The molecule has 0 aliphatic carbocycles. The zero-order valence-electron chi connectivity index (χ0n) is 42.3. The van der Waals surface area contributed by atoms with Gasteiger partial charge in [-0.2, -0.15) is 12.6 Å². The molecule has 3 aromatic heterocycles.